The number of carboxylic acid groups (broad SMARTS) is 1. The number of ketones is 1. The van der Waals surface area contributed by atoms with Crippen LogP contribution in [-0.2, 0) is 31.0 Å². The maximum atomic E-state index is 13.2. The van der Waals surface area contributed by atoms with Gasteiger partial charge in [0, 0.05) is 31.6 Å². The second kappa shape index (κ2) is 10.1. The molecule has 0 fully saturated rings. The van der Waals surface area contributed by atoms with Gasteiger partial charge >= 0.3 is 5.97 Å². The fraction of sp³-hybridized carbons (Fsp3) is 0.478. The minimum absolute atomic E-state index is 0.214. The highest BCUT2D eigenvalue weighted by atomic mass is 32.2. The van der Waals surface area contributed by atoms with E-state index < -0.39 is 34.0 Å². The molecule has 2 amide bonds. The van der Waals surface area contributed by atoms with Crippen LogP contribution in [0.2, 0.25) is 0 Å². The minimum atomic E-state index is -3.26. The van der Waals surface area contributed by atoms with E-state index in [1.165, 1.54) is 22.4 Å². The Hall–Kier alpha value is -3.05. The molecule has 0 radical (unpaired) electrons. The van der Waals surface area contributed by atoms with Crippen LogP contribution in [0.5, 0.6) is 0 Å². The molecule has 184 valence electrons. The molecule has 2 unspecified atom stereocenters. The summed E-state index contributed by atoms with van der Waals surface area (Å²) in [7, 11) is -3.26. The molecule has 0 spiro atoms. The third-order valence-electron chi connectivity index (χ3n) is 6.13. The molecule has 10 nitrogen and oxygen atoms in total. The zero-order valence-corrected chi connectivity index (χ0v) is 20.2. The van der Waals surface area contributed by atoms with E-state index in [1.54, 1.807) is 13.0 Å². The molecule has 0 aromatic heterocycles. The normalized spacial score (nSPS) is 18.1. The van der Waals surface area contributed by atoms with E-state index in [2.05, 4.69) is 5.32 Å². The molecule has 11 heteroatoms. The lowest BCUT2D eigenvalue weighted by Crippen LogP contribution is -2.52. The van der Waals surface area contributed by atoms with Crippen LogP contribution in [0.3, 0.4) is 0 Å². The molecule has 0 saturated heterocycles. The number of rotatable bonds is 9. The smallest absolute Gasteiger partial charge is 0.326 e. The lowest BCUT2D eigenvalue weighted by molar-refractivity contribution is -0.144. The number of carboxylic acids is 1. The average molecular weight is 492 g/mol. The van der Waals surface area contributed by atoms with E-state index in [4.69, 9.17) is 0 Å². The Bertz CT molecular complexity index is 1160. The molecule has 2 heterocycles. The molecule has 1 aromatic rings. The molecule has 2 aliphatic rings. The number of carbonyl (C=O) groups excluding carboxylic acids is 3. The molecule has 3 rings (SSSR count). The number of Topliss-reactive ketones (excluding diaryl/α,β-unsaturated/α-hetero) is 1. The summed E-state index contributed by atoms with van der Waals surface area (Å²) in [4.78, 5) is 50.2. The van der Waals surface area contributed by atoms with E-state index in [9.17, 15) is 32.7 Å². The fourth-order valence-corrected chi connectivity index (χ4v) is 5.06. The lowest BCUT2D eigenvalue weighted by atomic mass is 9.97. The summed E-state index contributed by atoms with van der Waals surface area (Å²) in [6, 6.07) is 3.24. The third kappa shape index (κ3) is 5.53. The standard InChI is InChI=1S/C23H29N3O7S/c1-4-20(21(28)24-19(23(30)31)11-14(2)27)26-13-17-6-5-16(12-18(17)22(26)29)15-7-9-25(10-8-15)34(3,32)33/h5-7,12,19-20H,4,8-11,13H2,1-3H3,(H,24,28)(H,30,31). The average Bonchev–Trinajstić information content (AvgIpc) is 3.08. The van der Waals surface area contributed by atoms with Crippen LogP contribution >= 0.6 is 0 Å². The summed E-state index contributed by atoms with van der Waals surface area (Å²) in [5, 5.41) is 11.7. The van der Waals surface area contributed by atoms with E-state index in [-0.39, 0.29) is 37.6 Å². The third-order valence-corrected chi connectivity index (χ3v) is 7.39. The highest BCUT2D eigenvalue weighted by molar-refractivity contribution is 7.88. The van der Waals surface area contributed by atoms with Gasteiger partial charge in [-0.3, -0.25) is 14.4 Å². The summed E-state index contributed by atoms with van der Waals surface area (Å²) in [6.07, 6.45) is 3.48. The molecular formula is C23H29N3O7S. The number of nitrogens with zero attached hydrogens (tertiary/aromatic N) is 2. The number of fused-ring (bicyclic) bond motifs is 1. The number of benzene rings is 1. The monoisotopic (exact) mass is 491 g/mol. The van der Waals surface area contributed by atoms with Gasteiger partial charge in [0.25, 0.3) is 5.91 Å². The Kier molecular flexibility index (Phi) is 7.57. The summed E-state index contributed by atoms with van der Waals surface area (Å²) in [5.41, 5.74) is 3.00. The predicted octanol–water partition coefficient (Wildman–Crippen LogP) is 1.02. The van der Waals surface area contributed by atoms with Crippen molar-refractivity contribution in [3.8, 4) is 0 Å². The molecule has 2 aliphatic heterocycles. The molecule has 0 aliphatic carbocycles. The number of amides is 2. The first-order chi connectivity index (χ1) is 15.9. The SMILES string of the molecule is CCC(C(=O)NC(CC(C)=O)C(=O)O)N1Cc2ccc(C3=CCN(S(C)(=O)=O)CC3)cc2C1=O. The Morgan fingerprint density at radius 3 is 2.47 bits per heavy atom. The Balaban J connectivity index is 1.77. The van der Waals surface area contributed by atoms with Crippen molar-refractivity contribution in [2.45, 2.75) is 51.7 Å². The highest BCUT2D eigenvalue weighted by Gasteiger charge is 2.37. The largest absolute Gasteiger partial charge is 0.480 e. The Morgan fingerprint density at radius 1 is 1.24 bits per heavy atom. The second-order valence-corrected chi connectivity index (χ2v) is 10.6. The Labute approximate surface area is 198 Å². The summed E-state index contributed by atoms with van der Waals surface area (Å²) in [6.45, 7) is 3.83. The van der Waals surface area contributed by atoms with Crippen LogP contribution in [0.15, 0.2) is 24.3 Å². The van der Waals surface area contributed by atoms with Gasteiger partial charge in [-0.2, -0.15) is 4.31 Å². The van der Waals surface area contributed by atoms with Crippen molar-refractivity contribution in [2.75, 3.05) is 19.3 Å². The minimum Gasteiger partial charge on any atom is -0.480 e. The molecular weight excluding hydrogens is 462 g/mol. The van der Waals surface area contributed by atoms with Gasteiger partial charge in [-0.1, -0.05) is 25.1 Å². The van der Waals surface area contributed by atoms with Crippen molar-refractivity contribution in [3.63, 3.8) is 0 Å². The number of nitrogens with one attached hydrogen (secondary N) is 1. The molecule has 0 saturated carbocycles. The number of aliphatic carboxylic acids is 1. The van der Waals surface area contributed by atoms with Crippen LogP contribution in [0, 0.1) is 0 Å². The summed E-state index contributed by atoms with van der Waals surface area (Å²) >= 11 is 0. The van der Waals surface area contributed by atoms with Crippen molar-refractivity contribution in [1.82, 2.24) is 14.5 Å². The van der Waals surface area contributed by atoms with Gasteiger partial charge in [0.15, 0.2) is 0 Å². The van der Waals surface area contributed by atoms with Crippen molar-refractivity contribution in [1.29, 1.82) is 0 Å². The van der Waals surface area contributed by atoms with Gasteiger partial charge in [-0.25, -0.2) is 13.2 Å². The molecule has 0 bridgehead atoms. The number of sulfonamides is 1. The number of hydrogen-bond donors (Lipinski definition) is 2. The second-order valence-electron chi connectivity index (χ2n) is 8.63. The van der Waals surface area contributed by atoms with Crippen molar-refractivity contribution < 1.29 is 32.7 Å². The van der Waals surface area contributed by atoms with E-state index in [0.29, 0.717) is 18.5 Å². The maximum Gasteiger partial charge on any atom is 0.326 e. The zero-order chi connectivity index (χ0) is 25.2. The van der Waals surface area contributed by atoms with Crippen molar-refractivity contribution in [2.24, 2.45) is 0 Å². The van der Waals surface area contributed by atoms with Gasteiger partial charge in [-0.05, 0) is 42.5 Å². The molecule has 1 aromatic carbocycles. The lowest BCUT2D eigenvalue weighted by Gasteiger charge is -2.27. The van der Waals surface area contributed by atoms with Gasteiger partial charge in [0.1, 0.15) is 17.9 Å². The quantitative estimate of drug-likeness (QED) is 0.525. The first kappa shape index (κ1) is 25.6. The molecule has 2 N–H and O–H groups in total. The first-order valence-corrected chi connectivity index (χ1v) is 12.9. The van der Waals surface area contributed by atoms with E-state index in [0.717, 1.165) is 16.7 Å². The summed E-state index contributed by atoms with van der Waals surface area (Å²) < 4.78 is 24.8. The summed E-state index contributed by atoms with van der Waals surface area (Å²) in [5.74, 6) is -2.62. The van der Waals surface area contributed by atoms with E-state index >= 15 is 0 Å². The van der Waals surface area contributed by atoms with Gasteiger partial charge < -0.3 is 15.3 Å². The Morgan fingerprint density at radius 2 is 1.94 bits per heavy atom. The van der Waals surface area contributed by atoms with E-state index in [1.807, 2.05) is 18.2 Å². The zero-order valence-electron chi connectivity index (χ0n) is 19.4. The van der Waals surface area contributed by atoms with Crippen LogP contribution < -0.4 is 5.32 Å². The number of hydrogen-bond acceptors (Lipinski definition) is 6. The number of carbonyl (C=O) groups is 4. The van der Waals surface area contributed by atoms with Crippen molar-refractivity contribution in [3.05, 3.63) is 41.0 Å². The van der Waals surface area contributed by atoms with Crippen LogP contribution in [0.4, 0.5) is 0 Å². The van der Waals surface area contributed by atoms with Gasteiger partial charge in [0.2, 0.25) is 15.9 Å². The predicted molar refractivity (Wildman–Crippen MR) is 124 cm³/mol. The topological polar surface area (TPSA) is 141 Å². The van der Waals surface area contributed by atoms with Crippen LogP contribution in [-0.4, -0.2) is 77.7 Å². The molecule has 34 heavy (non-hydrogen) atoms. The van der Waals surface area contributed by atoms with Gasteiger partial charge in [0.05, 0.1) is 6.26 Å². The first-order valence-electron chi connectivity index (χ1n) is 11.0. The highest BCUT2D eigenvalue weighted by Crippen LogP contribution is 2.31. The van der Waals surface area contributed by atoms with Crippen LogP contribution in [0.1, 0.15) is 54.6 Å². The van der Waals surface area contributed by atoms with Crippen LogP contribution in [0.25, 0.3) is 5.57 Å². The molecule has 2 atom stereocenters. The van der Waals surface area contributed by atoms with Crippen molar-refractivity contribution >= 4 is 39.2 Å². The maximum absolute atomic E-state index is 13.2. The fourth-order valence-electron chi connectivity index (χ4n) is 4.29. The van der Waals surface area contributed by atoms with Gasteiger partial charge in [-0.15, -0.1) is 0 Å².